The lowest BCUT2D eigenvalue weighted by molar-refractivity contribution is -0.122. The first kappa shape index (κ1) is 18.1. The number of amides is 2. The molecular weight excluding hydrogens is 326 g/mol. The number of carbonyl (C=O) groups is 2. The van der Waals surface area contributed by atoms with Gasteiger partial charge in [-0.2, -0.15) is 0 Å². The monoisotopic (exact) mass is 351 g/mol. The van der Waals surface area contributed by atoms with Gasteiger partial charge in [0.05, 0.1) is 6.04 Å². The molecule has 1 aliphatic heterocycles. The minimum atomic E-state index is -0.262. The molecule has 0 aliphatic carbocycles. The Morgan fingerprint density at radius 1 is 1.15 bits per heavy atom. The van der Waals surface area contributed by atoms with Crippen LogP contribution in [0.25, 0.3) is 0 Å². The molecule has 2 aromatic rings. The SMILES string of the molecule is CCc1ccc(C(=O)Nc2cccc(CN3CCC[C@@H]3C(N)=O)c2)cc1. The highest BCUT2D eigenvalue weighted by Crippen LogP contribution is 2.21. The zero-order valence-corrected chi connectivity index (χ0v) is 15.1. The maximum atomic E-state index is 12.4. The standard InChI is InChI=1S/C21H25N3O2/c1-2-15-8-10-17(11-9-15)21(26)23-18-6-3-5-16(13-18)14-24-12-4-7-19(24)20(22)25/h3,5-6,8-11,13,19H,2,4,7,12,14H2,1H3,(H2,22,25)(H,23,26)/t19-/m1/s1. The first-order chi connectivity index (χ1) is 12.6. The number of nitrogens with zero attached hydrogens (tertiary/aromatic N) is 1. The zero-order valence-electron chi connectivity index (χ0n) is 15.1. The first-order valence-corrected chi connectivity index (χ1v) is 9.09. The largest absolute Gasteiger partial charge is 0.368 e. The van der Waals surface area contributed by atoms with Gasteiger partial charge in [-0.15, -0.1) is 0 Å². The molecule has 3 N–H and O–H groups in total. The summed E-state index contributed by atoms with van der Waals surface area (Å²) in [5.41, 5.74) is 9.14. The molecule has 136 valence electrons. The molecule has 1 aliphatic rings. The third kappa shape index (κ3) is 4.29. The Labute approximate surface area is 154 Å². The predicted molar refractivity (Wildman–Crippen MR) is 103 cm³/mol. The highest BCUT2D eigenvalue weighted by Gasteiger charge is 2.28. The number of rotatable bonds is 6. The molecule has 1 heterocycles. The van der Waals surface area contributed by atoms with E-state index in [2.05, 4.69) is 17.1 Å². The first-order valence-electron chi connectivity index (χ1n) is 9.09. The highest BCUT2D eigenvalue weighted by atomic mass is 16.2. The van der Waals surface area contributed by atoms with Crippen LogP contribution in [0.5, 0.6) is 0 Å². The van der Waals surface area contributed by atoms with Gasteiger partial charge in [0.1, 0.15) is 0 Å². The van der Waals surface area contributed by atoms with Crippen LogP contribution in [0, 0.1) is 0 Å². The normalized spacial score (nSPS) is 17.2. The second-order valence-corrected chi connectivity index (χ2v) is 6.74. The summed E-state index contributed by atoms with van der Waals surface area (Å²) in [5.74, 6) is -0.386. The summed E-state index contributed by atoms with van der Waals surface area (Å²) in [4.78, 5) is 26.1. The second-order valence-electron chi connectivity index (χ2n) is 6.74. The van der Waals surface area contributed by atoms with Crippen LogP contribution in [0.2, 0.25) is 0 Å². The van der Waals surface area contributed by atoms with E-state index in [1.807, 2.05) is 48.5 Å². The van der Waals surface area contributed by atoms with Crippen molar-refractivity contribution in [1.82, 2.24) is 4.90 Å². The fraction of sp³-hybridized carbons (Fsp3) is 0.333. The van der Waals surface area contributed by atoms with Gasteiger partial charge in [0, 0.05) is 17.8 Å². The van der Waals surface area contributed by atoms with Crippen molar-refractivity contribution in [2.24, 2.45) is 5.73 Å². The van der Waals surface area contributed by atoms with E-state index in [1.54, 1.807) is 0 Å². The second kappa shape index (κ2) is 8.15. The molecule has 1 atom stereocenters. The molecule has 0 bridgehead atoms. The maximum Gasteiger partial charge on any atom is 0.255 e. The fourth-order valence-corrected chi connectivity index (χ4v) is 3.41. The van der Waals surface area contributed by atoms with Gasteiger partial charge in [0.2, 0.25) is 5.91 Å². The van der Waals surface area contributed by atoms with Gasteiger partial charge in [-0.3, -0.25) is 14.5 Å². The summed E-state index contributed by atoms with van der Waals surface area (Å²) in [6.45, 7) is 3.61. The Kier molecular flexibility index (Phi) is 5.68. The summed E-state index contributed by atoms with van der Waals surface area (Å²) < 4.78 is 0. The van der Waals surface area contributed by atoms with Crippen LogP contribution >= 0.6 is 0 Å². The third-order valence-corrected chi connectivity index (χ3v) is 4.89. The van der Waals surface area contributed by atoms with Gasteiger partial charge < -0.3 is 11.1 Å². The lowest BCUT2D eigenvalue weighted by Crippen LogP contribution is -2.39. The van der Waals surface area contributed by atoms with Crippen molar-refractivity contribution in [2.75, 3.05) is 11.9 Å². The van der Waals surface area contributed by atoms with Crippen LogP contribution in [0.1, 0.15) is 41.3 Å². The molecule has 0 radical (unpaired) electrons. The molecule has 0 spiro atoms. The van der Waals surface area contributed by atoms with Crippen LogP contribution in [0.4, 0.5) is 5.69 Å². The lowest BCUT2D eigenvalue weighted by atomic mass is 10.1. The number of primary amides is 1. The Bertz CT molecular complexity index is 786. The van der Waals surface area contributed by atoms with E-state index in [0.29, 0.717) is 12.1 Å². The molecule has 2 amide bonds. The Balaban J connectivity index is 1.66. The predicted octanol–water partition coefficient (Wildman–Crippen LogP) is 2.95. The number of hydrogen-bond acceptors (Lipinski definition) is 3. The van der Waals surface area contributed by atoms with E-state index >= 15 is 0 Å². The van der Waals surface area contributed by atoms with Gasteiger partial charge in [-0.05, 0) is 61.2 Å². The highest BCUT2D eigenvalue weighted by molar-refractivity contribution is 6.04. The molecule has 26 heavy (non-hydrogen) atoms. The van der Waals surface area contributed by atoms with E-state index in [9.17, 15) is 9.59 Å². The van der Waals surface area contributed by atoms with Gasteiger partial charge in [-0.1, -0.05) is 31.2 Å². The average Bonchev–Trinajstić information content (AvgIpc) is 3.10. The number of aryl methyl sites for hydroxylation is 1. The van der Waals surface area contributed by atoms with Gasteiger partial charge in [-0.25, -0.2) is 0 Å². The molecule has 1 fully saturated rings. The van der Waals surface area contributed by atoms with Crippen molar-refractivity contribution < 1.29 is 9.59 Å². The molecule has 0 aromatic heterocycles. The molecule has 2 aromatic carbocycles. The van der Waals surface area contributed by atoms with Crippen molar-refractivity contribution in [3.63, 3.8) is 0 Å². The maximum absolute atomic E-state index is 12.4. The van der Waals surface area contributed by atoms with E-state index in [-0.39, 0.29) is 17.9 Å². The lowest BCUT2D eigenvalue weighted by Gasteiger charge is -2.22. The van der Waals surface area contributed by atoms with Crippen molar-refractivity contribution in [3.8, 4) is 0 Å². The molecular formula is C21H25N3O2. The van der Waals surface area contributed by atoms with E-state index in [4.69, 9.17) is 5.73 Å². The Morgan fingerprint density at radius 2 is 1.92 bits per heavy atom. The van der Waals surface area contributed by atoms with Gasteiger partial charge in [0.25, 0.3) is 5.91 Å². The van der Waals surface area contributed by atoms with Crippen LogP contribution in [0.15, 0.2) is 48.5 Å². The molecule has 1 saturated heterocycles. The third-order valence-electron chi connectivity index (χ3n) is 4.89. The number of likely N-dealkylation sites (tertiary alicyclic amines) is 1. The van der Waals surface area contributed by atoms with E-state index in [1.165, 1.54) is 5.56 Å². The molecule has 5 heteroatoms. The minimum Gasteiger partial charge on any atom is -0.368 e. The van der Waals surface area contributed by atoms with Crippen molar-refractivity contribution >= 4 is 17.5 Å². The topological polar surface area (TPSA) is 75.4 Å². The minimum absolute atomic E-state index is 0.124. The quantitative estimate of drug-likeness (QED) is 0.840. The van der Waals surface area contributed by atoms with Crippen LogP contribution < -0.4 is 11.1 Å². The summed E-state index contributed by atoms with van der Waals surface area (Å²) in [5, 5.41) is 2.95. The molecule has 5 nitrogen and oxygen atoms in total. The van der Waals surface area contributed by atoms with Gasteiger partial charge >= 0.3 is 0 Å². The Morgan fingerprint density at radius 3 is 2.62 bits per heavy atom. The fourth-order valence-electron chi connectivity index (χ4n) is 3.41. The summed E-state index contributed by atoms with van der Waals surface area (Å²) in [7, 11) is 0. The molecule has 0 unspecified atom stereocenters. The smallest absolute Gasteiger partial charge is 0.255 e. The van der Waals surface area contributed by atoms with Crippen molar-refractivity contribution in [2.45, 2.75) is 38.8 Å². The van der Waals surface area contributed by atoms with E-state index in [0.717, 1.165) is 37.1 Å². The van der Waals surface area contributed by atoms with E-state index < -0.39 is 0 Å². The summed E-state index contributed by atoms with van der Waals surface area (Å²) >= 11 is 0. The summed E-state index contributed by atoms with van der Waals surface area (Å²) in [6, 6.07) is 15.2. The molecule has 0 saturated carbocycles. The molecule has 3 rings (SSSR count). The van der Waals surface area contributed by atoms with Crippen molar-refractivity contribution in [3.05, 3.63) is 65.2 Å². The number of benzene rings is 2. The van der Waals surface area contributed by atoms with Crippen molar-refractivity contribution in [1.29, 1.82) is 0 Å². The number of anilines is 1. The average molecular weight is 351 g/mol. The number of carbonyl (C=O) groups excluding carboxylic acids is 2. The zero-order chi connectivity index (χ0) is 18.5. The Hall–Kier alpha value is -2.66. The number of hydrogen-bond donors (Lipinski definition) is 2. The number of nitrogens with one attached hydrogen (secondary N) is 1. The summed E-state index contributed by atoms with van der Waals surface area (Å²) in [6.07, 6.45) is 2.75. The number of nitrogens with two attached hydrogens (primary N) is 1. The van der Waals surface area contributed by atoms with Crippen LogP contribution in [0.3, 0.4) is 0 Å². The van der Waals surface area contributed by atoms with Crippen LogP contribution in [-0.4, -0.2) is 29.3 Å². The van der Waals surface area contributed by atoms with Crippen LogP contribution in [-0.2, 0) is 17.8 Å². The van der Waals surface area contributed by atoms with Gasteiger partial charge in [0.15, 0.2) is 0 Å².